The average Bonchev–Trinajstić information content (AvgIpc) is 2.34. The number of methoxy groups -OCH3 is 2. The van der Waals surface area contributed by atoms with E-state index in [0.717, 1.165) is 12.6 Å². The van der Waals surface area contributed by atoms with E-state index in [1.54, 1.807) is 0 Å². The van der Waals surface area contributed by atoms with Crippen molar-refractivity contribution in [2.45, 2.75) is 6.42 Å². The van der Waals surface area contributed by atoms with Gasteiger partial charge in [0.05, 0.1) is 14.2 Å². The van der Waals surface area contributed by atoms with Gasteiger partial charge >= 0.3 is 11.9 Å². The van der Waals surface area contributed by atoms with Crippen LogP contribution >= 0.6 is 0 Å². The zero-order valence-corrected chi connectivity index (χ0v) is 11.0. The van der Waals surface area contributed by atoms with E-state index in [2.05, 4.69) is 22.6 Å². The van der Waals surface area contributed by atoms with E-state index in [-0.39, 0.29) is 5.97 Å². The SMILES string of the molecule is C=C(CCN(C)C)C(=O)OC.C=CC(=O)OC. The molecule has 0 saturated heterocycles. The second-order valence-electron chi connectivity index (χ2n) is 3.38. The van der Waals surface area contributed by atoms with E-state index in [4.69, 9.17) is 0 Å². The lowest BCUT2D eigenvalue weighted by Crippen LogP contribution is -2.16. The molecular formula is C12H21NO4. The van der Waals surface area contributed by atoms with Crippen LogP contribution in [0.2, 0.25) is 0 Å². The van der Waals surface area contributed by atoms with Gasteiger partial charge in [0.25, 0.3) is 0 Å². The number of ether oxygens (including phenoxy) is 2. The smallest absolute Gasteiger partial charge is 0.333 e. The minimum Gasteiger partial charge on any atom is -0.466 e. The molecule has 0 rings (SSSR count). The Kier molecular flexibility index (Phi) is 11.4. The summed E-state index contributed by atoms with van der Waals surface area (Å²) in [5.41, 5.74) is 0.529. The van der Waals surface area contributed by atoms with Crippen LogP contribution in [-0.2, 0) is 19.1 Å². The van der Waals surface area contributed by atoms with Crippen LogP contribution in [0.5, 0.6) is 0 Å². The lowest BCUT2D eigenvalue weighted by molar-refractivity contribution is -0.136. The Labute approximate surface area is 103 Å². The van der Waals surface area contributed by atoms with Gasteiger partial charge in [-0.25, -0.2) is 9.59 Å². The molecule has 0 heterocycles. The van der Waals surface area contributed by atoms with Gasteiger partial charge in [0.2, 0.25) is 0 Å². The minimum atomic E-state index is -0.394. The van der Waals surface area contributed by atoms with E-state index in [1.807, 2.05) is 19.0 Å². The molecule has 0 spiro atoms. The highest BCUT2D eigenvalue weighted by molar-refractivity contribution is 5.87. The summed E-state index contributed by atoms with van der Waals surface area (Å²) < 4.78 is 8.63. The minimum absolute atomic E-state index is 0.313. The lowest BCUT2D eigenvalue weighted by Gasteiger charge is -2.09. The van der Waals surface area contributed by atoms with Gasteiger partial charge in [-0.2, -0.15) is 0 Å². The summed E-state index contributed by atoms with van der Waals surface area (Å²) in [5, 5.41) is 0. The zero-order chi connectivity index (χ0) is 13.8. The van der Waals surface area contributed by atoms with E-state index in [1.165, 1.54) is 14.2 Å². The first-order valence-electron chi connectivity index (χ1n) is 5.00. The van der Waals surface area contributed by atoms with Crippen molar-refractivity contribution >= 4 is 11.9 Å². The molecule has 17 heavy (non-hydrogen) atoms. The molecule has 0 saturated carbocycles. The summed E-state index contributed by atoms with van der Waals surface area (Å²) in [7, 11) is 6.57. The molecule has 0 aliphatic rings. The third-order valence-corrected chi connectivity index (χ3v) is 1.70. The van der Waals surface area contributed by atoms with Gasteiger partial charge in [-0.05, 0) is 20.5 Å². The number of rotatable bonds is 5. The number of nitrogens with zero attached hydrogens (tertiary/aromatic N) is 1. The van der Waals surface area contributed by atoms with Crippen molar-refractivity contribution in [3.05, 3.63) is 24.8 Å². The molecule has 0 amide bonds. The normalized spacial score (nSPS) is 8.76. The van der Waals surface area contributed by atoms with Gasteiger partial charge in [0.15, 0.2) is 0 Å². The largest absolute Gasteiger partial charge is 0.466 e. The number of hydrogen-bond acceptors (Lipinski definition) is 5. The Hall–Kier alpha value is -1.62. The van der Waals surface area contributed by atoms with Crippen LogP contribution < -0.4 is 0 Å². The molecule has 0 atom stereocenters. The fourth-order valence-electron chi connectivity index (χ4n) is 0.688. The highest BCUT2D eigenvalue weighted by atomic mass is 16.5. The maximum atomic E-state index is 10.8. The maximum absolute atomic E-state index is 10.8. The topological polar surface area (TPSA) is 55.8 Å². The van der Waals surface area contributed by atoms with E-state index < -0.39 is 5.97 Å². The van der Waals surface area contributed by atoms with E-state index >= 15 is 0 Å². The number of hydrogen-bond donors (Lipinski definition) is 0. The summed E-state index contributed by atoms with van der Waals surface area (Å²) in [6.45, 7) is 7.58. The van der Waals surface area contributed by atoms with Crippen molar-refractivity contribution in [2.24, 2.45) is 0 Å². The number of esters is 2. The standard InChI is InChI=1S/C8H15NO2.C4H6O2/c1-7(8(10)11-4)5-6-9(2)3;1-3-4(5)6-2/h1,5-6H2,2-4H3;3H,1H2,2H3. The molecule has 0 N–H and O–H groups in total. The van der Waals surface area contributed by atoms with Gasteiger partial charge in [-0.15, -0.1) is 0 Å². The number of carbonyl (C=O) groups excluding carboxylic acids is 2. The first-order valence-corrected chi connectivity index (χ1v) is 5.00. The van der Waals surface area contributed by atoms with Gasteiger partial charge in [0.1, 0.15) is 0 Å². The van der Waals surface area contributed by atoms with Crippen molar-refractivity contribution in [1.29, 1.82) is 0 Å². The molecule has 0 aromatic carbocycles. The molecule has 98 valence electrons. The first kappa shape index (κ1) is 17.8. The van der Waals surface area contributed by atoms with Crippen molar-refractivity contribution in [1.82, 2.24) is 4.90 Å². The fourth-order valence-corrected chi connectivity index (χ4v) is 0.688. The predicted octanol–water partition coefficient (Wildman–Crippen LogP) is 1.01. The average molecular weight is 243 g/mol. The monoisotopic (exact) mass is 243 g/mol. The van der Waals surface area contributed by atoms with Crippen LogP contribution in [0.4, 0.5) is 0 Å². The summed E-state index contributed by atoms with van der Waals surface area (Å²) in [5.74, 6) is -0.707. The Morgan fingerprint density at radius 3 is 2.00 bits per heavy atom. The van der Waals surface area contributed by atoms with Crippen molar-refractivity contribution in [3.63, 3.8) is 0 Å². The van der Waals surface area contributed by atoms with Crippen LogP contribution in [0.25, 0.3) is 0 Å². The summed E-state index contributed by atoms with van der Waals surface area (Å²) >= 11 is 0. The van der Waals surface area contributed by atoms with Crippen LogP contribution in [-0.4, -0.2) is 51.7 Å². The molecule has 0 aromatic heterocycles. The summed E-state index contributed by atoms with van der Waals surface area (Å²) in [4.78, 5) is 22.6. The Morgan fingerprint density at radius 2 is 1.76 bits per heavy atom. The third-order valence-electron chi connectivity index (χ3n) is 1.70. The molecule has 0 radical (unpaired) electrons. The Morgan fingerprint density at radius 1 is 1.24 bits per heavy atom. The molecule has 0 aliphatic heterocycles. The molecule has 0 aliphatic carbocycles. The predicted molar refractivity (Wildman–Crippen MR) is 66.5 cm³/mol. The maximum Gasteiger partial charge on any atom is 0.333 e. The third kappa shape index (κ3) is 12.3. The quantitative estimate of drug-likeness (QED) is 0.533. The van der Waals surface area contributed by atoms with Crippen molar-refractivity contribution < 1.29 is 19.1 Å². The van der Waals surface area contributed by atoms with Gasteiger partial charge in [0, 0.05) is 18.2 Å². The molecule has 0 unspecified atom stereocenters. The second-order valence-corrected chi connectivity index (χ2v) is 3.38. The molecule has 0 bridgehead atoms. The lowest BCUT2D eigenvalue weighted by atomic mass is 10.2. The molecule has 0 fully saturated rings. The summed E-state index contributed by atoms with van der Waals surface area (Å²) in [6, 6.07) is 0. The molecule has 5 nitrogen and oxygen atoms in total. The van der Waals surface area contributed by atoms with Gasteiger partial charge in [-0.1, -0.05) is 13.2 Å². The zero-order valence-electron chi connectivity index (χ0n) is 11.0. The van der Waals surface area contributed by atoms with Crippen molar-refractivity contribution in [2.75, 3.05) is 34.9 Å². The highest BCUT2D eigenvalue weighted by Gasteiger charge is 2.05. The van der Waals surface area contributed by atoms with Crippen LogP contribution in [0.1, 0.15) is 6.42 Å². The van der Waals surface area contributed by atoms with Crippen LogP contribution in [0, 0.1) is 0 Å². The molecule has 0 aromatic rings. The summed E-state index contributed by atoms with van der Waals surface area (Å²) in [6.07, 6.45) is 1.78. The van der Waals surface area contributed by atoms with E-state index in [0.29, 0.717) is 12.0 Å². The van der Waals surface area contributed by atoms with Crippen LogP contribution in [0.3, 0.4) is 0 Å². The molecular weight excluding hydrogens is 222 g/mol. The Bertz CT molecular complexity index is 272. The Balaban J connectivity index is 0. The van der Waals surface area contributed by atoms with Crippen molar-refractivity contribution in [3.8, 4) is 0 Å². The molecule has 5 heteroatoms. The van der Waals surface area contributed by atoms with E-state index in [9.17, 15) is 9.59 Å². The first-order chi connectivity index (χ1) is 7.88. The second kappa shape index (κ2) is 10.9. The highest BCUT2D eigenvalue weighted by Crippen LogP contribution is 2.00. The van der Waals surface area contributed by atoms with Gasteiger partial charge < -0.3 is 14.4 Å². The number of carbonyl (C=O) groups is 2. The fraction of sp³-hybridized carbons (Fsp3) is 0.500. The van der Waals surface area contributed by atoms with Gasteiger partial charge in [-0.3, -0.25) is 0 Å². The van der Waals surface area contributed by atoms with Crippen LogP contribution in [0.15, 0.2) is 24.8 Å².